The second-order valence-electron chi connectivity index (χ2n) is 2.42. The van der Waals surface area contributed by atoms with Crippen LogP contribution in [0.4, 0.5) is 0 Å². The summed E-state index contributed by atoms with van der Waals surface area (Å²) in [5.74, 6) is 0. The van der Waals surface area contributed by atoms with Gasteiger partial charge in [0.15, 0.2) is 0 Å². The Kier molecular flexibility index (Phi) is 3.08. The lowest BCUT2D eigenvalue weighted by molar-refractivity contribution is 0.935. The summed E-state index contributed by atoms with van der Waals surface area (Å²) in [6.45, 7) is 8.26. The summed E-state index contributed by atoms with van der Waals surface area (Å²) in [6.07, 6.45) is 9.07. The highest BCUT2D eigenvalue weighted by molar-refractivity contribution is 5.82. The maximum atomic E-state index is 4.02. The molecule has 0 aliphatic carbocycles. The van der Waals surface area contributed by atoms with Crippen molar-refractivity contribution in [1.29, 1.82) is 0 Å². The van der Waals surface area contributed by atoms with Crippen molar-refractivity contribution < 1.29 is 1.43 Å². The minimum atomic E-state index is 0. The van der Waals surface area contributed by atoms with E-state index in [1.807, 2.05) is 12.2 Å². The molecule has 0 unspecified atom stereocenters. The zero-order valence-corrected chi connectivity index (χ0v) is 6.96. The average Bonchev–Trinajstić information content (AvgIpc) is 2.16. The number of aliphatic imine (C=N–C) groups is 1. The van der Waals surface area contributed by atoms with Crippen LogP contribution in [0.5, 0.6) is 0 Å². The van der Waals surface area contributed by atoms with Crippen LogP contribution in [-0.4, -0.2) is 12.8 Å². The van der Waals surface area contributed by atoms with Gasteiger partial charge in [-0.2, -0.15) is 0 Å². The first kappa shape index (κ1) is 8.53. The van der Waals surface area contributed by atoms with Crippen molar-refractivity contribution in [3.8, 4) is 0 Å². The van der Waals surface area contributed by atoms with Crippen LogP contribution < -0.4 is 5.32 Å². The molecule has 1 aliphatic heterocycles. The number of rotatable bonds is 1. The van der Waals surface area contributed by atoms with Crippen LogP contribution in [-0.2, 0) is 0 Å². The number of hydrogen-bond donors (Lipinski definition) is 1. The van der Waals surface area contributed by atoms with Crippen molar-refractivity contribution in [3.05, 3.63) is 48.9 Å². The third-order valence-corrected chi connectivity index (χ3v) is 1.42. The van der Waals surface area contributed by atoms with Gasteiger partial charge in [-0.3, -0.25) is 4.99 Å². The van der Waals surface area contributed by atoms with Crippen molar-refractivity contribution in [1.82, 2.24) is 5.32 Å². The van der Waals surface area contributed by atoms with Gasteiger partial charge in [-0.25, -0.2) is 0 Å². The Morgan fingerprint density at radius 1 is 1.67 bits per heavy atom. The monoisotopic (exact) mass is 162 g/mol. The van der Waals surface area contributed by atoms with E-state index in [4.69, 9.17) is 0 Å². The summed E-state index contributed by atoms with van der Waals surface area (Å²) < 4.78 is 0. The zero-order chi connectivity index (χ0) is 8.81. The van der Waals surface area contributed by atoms with E-state index in [2.05, 4.69) is 23.5 Å². The first-order valence-electron chi connectivity index (χ1n) is 3.78. The summed E-state index contributed by atoms with van der Waals surface area (Å²) in [5, 5.41) is 3.16. The Balaban J connectivity index is 0.00000144. The fourth-order valence-electron chi connectivity index (χ4n) is 0.848. The maximum Gasteiger partial charge on any atom is 0.0348 e. The van der Waals surface area contributed by atoms with Crippen molar-refractivity contribution in [2.24, 2.45) is 4.99 Å². The topological polar surface area (TPSA) is 24.4 Å². The summed E-state index contributed by atoms with van der Waals surface area (Å²) in [6, 6.07) is 0. The Labute approximate surface area is 74.2 Å². The molecule has 0 atom stereocenters. The fraction of sp³-hybridized carbons (Fsp3) is 0.100. The Bertz CT molecular complexity index is 275. The standard InChI is InChI=1S/C10H12N2.H2/c1-3-10-7-9(2)8-11-5-4-6-12-10;/h3-5,7-8,12H,1-2,6H2;1H/b5-4-,10-7-,11-8?;. The third-order valence-electron chi connectivity index (χ3n) is 1.42. The molecule has 1 N–H and O–H groups in total. The van der Waals surface area contributed by atoms with E-state index in [0.717, 1.165) is 17.8 Å². The van der Waals surface area contributed by atoms with Gasteiger partial charge < -0.3 is 5.32 Å². The molecule has 0 aromatic rings. The third kappa shape index (κ3) is 2.58. The number of hydrogen-bond acceptors (Lipinski definition) is 2. The molecule has 1 aliphatic rings. The van der Waals surface area contributed by atoms with Gasteiger partial charge in [0.2, 0.25) is 0 Å². The predicted octanol–water partition coefficient (Wildman–Crippen LogP) is 2.05. The molecule has 0 saturated carbocycles. The van der Waals surface area contributed by atoms with Gasteiger partial charge in [0.1, 0.15) is 0 Å². The molecule has 0 amide bonds. The molecule has 0 saturated heterocycles. The summed E-state index contributed by atoms with van der Waals surface area (Å²) >= 11 is 0. The molecule has 64 valence electrons. The molecule has 0 fully saturated rings. The Morgan fingerprint density at radius 3 is 3.25 bits per heavy atom. The molecule has 1 heterocycles. The number of nitrogens with one attached hydrogen (secondary N) is 1. The Morgan fingerprint density at radius 2 is 2.50 bits per heavy atom. The maximum absolute atomic E-state index is 4.02. The van der Waals surface area contributed by atoms with E-state index >= 15 is 0 Å². The molecule has 0 radical (unpaired) electrons. The SMILES string of the molecule is C=C/C1=C/C(=C)C=N/C=C\CN1.[HH]. The van der Waals surface area contributed by atoms with E-state index < -0.39 is 0 Å². The minimum absolute atomic E-state index is 0. The van der Waals surface area contributed by atoms with E-state index in [1.165, 1.54) is 0 Å². The van der Waals surface area contributed by atoms with E-state index in [0.29, 0.717) is 0 Å². The smallest absolute Gasteiger partial charge is 0.0348 e. The van der Waals surface area contributed by atoms with Gasteiger partial charge in [-0.15, -0.1) is 0 Å². The summed E-state index contributed by atoms with van der Waals surface area (Å²) in [4.78, 5) is 4.02. The molecule has 2 heteroatoms. The Hall–Kier alpha value is -1.57. The van der Waals surface area contributed by atoms with Crippen molar-refractivity contribution in [2.45, 2.75) is 0 Å². The molecular formula is C10H14N2. The molecule has 0 aromatic carbocycles. The number of allylic oxidation sites excluding steroid dienone is 3. The van der Waals surface area contributed by atoms with Crippen LogP contribution in [0, 0.1) is 0 Å². The summed E-state index contributed by atoms with van der Waals surface area (Å²) in [7, 11) is 0. The van der Waals surface area contributed by atoms with Gasteiger partial charge in [-0.1, -0.05) is 13.2 Å². The van der Waals surface area contributed by atoms with E-state index in [1.54, 1.807) is 18.5 Å². The number of nitrogens with zero attached hydrogens (tertiary/aromatic N) is 1. The lowest BCUT2D eigenvalue weighted by atomic mass is 10.2. The van der Waals surface area contributed by atoms with Gasteiger partial charge in [0, 0.05) is 26.1 Å². The highest BCUT2D eigenvalue weighted by Crippen LogP contribution is 1.98. The fourth-order valence-corrected chi connectivity index (χ4v) is 0.848. The lowest BCUT2D eigenvalue weighted by Gasteiger charge is -2.02. The minimum Gasteiger partial charge on any atom is -0.382 e. The highest BCUT2D eigenvalue weighted by Gasteiger charge is 1.91. The molecule has 0 spiro atoms. The van der Waals surface area contributed by atoms with Crippen LogP contribution in [0.3, 0.4) is 0 Å². The molecule has 2 nitrogen and oxygen atoms in total. The van der Waals surface area contributed by atoms with Gasteiger partial charge >= 0.3 is 0 Å². The summed E-state index contributed by atoms with van der Waals surface area (Å²) in [5.41, 5.74) is 1.84. The lowest BCUT2D eigenvalue weighted by Crippen LogP contribution is -2.10. The molecule has 0 bridgehead atoms. The van der Waals surface area contributed by atoms with Crippen molar-refractivity contribution in [3.63, 3.8) is 0 Å². The predicted molar refractivity (Wildman–Crippen MR) is 55.2 cm³/mol. The van der Waals surface area contributed by atoms with Crippen LogP contribution in [0.1, 0.15) is 1.43 Å². The molecular weight excluding hydrogens is 148 g/mol. The van der Waals surface area contributed by atoms with Gasteiger partial charge in [-0.05, 0) is 23.8 Å². The van der Waals surface area contributed by atoms with Gasteiger partial charge in [0.25, 0.3) is 0 Å². The van der Waals surface area contributed by atoms with Crippen LogP contribution >= 0.6 is 0 Å². The average molecular weight is 162 g/mol. The quantitative estimate of drug-likeness (QED) is 0.627. The largest absolute Gasteiger partial charge is 0.382 e. The molecule has 0 aromatic heterocycles. The molecule has 1 rings (SSSR count). The normalized spacial score (nSPS) is 24.0. The first-order valence-corrected chi connectivity index (χ1v) is 3.78. The zero-order valence-electron chi connectivity index (χ0n) is 6.96. The van der Waals surface area contributed by atoms with E-state index in [-0.39, 0.29) is 1.43 Å². The van der Waals surface area contributed by atoms with Crippen molar-refractivity contribution in [2.75, 3.05) is 6.54 Å². The second-order valence-corrected chi connectivity index (χ2v) is 2.42. The highest BCUT2D eigenvalue weighted by atomic mass is 14.9. The molecule has 12 heavy (non-hydrogen) atoms. The van der Waals surface area contributed by atoms with E-state index in [9.17, 15) is 0 Å². The second kappa shape index (κ2) is 4.34. The van der Waals surface area contributed by atoms with Crippen LogP contribution in [0.25, 0.3) is 0 Å². The van der Waals surface area contributed by atoms with Gasteiger partial charge in [0.05, 0.1) is 0 Å². The van der Waals surface area contributed by atoms with Crippen molar-refractivity contribution >= 4 is 6.21 Å². The van der Waals surface area contributed by atoms with Crippen LogP contribution in [0.2, 0.25) is 0 Å². The van der Waals surface area contributed by atoms with Crippen LogP contribution in [0.15, 0.2) is 53.8 Å². The first-order chi connectivity index (χ1) is 5.83.